The Kier molecular flexibility index (Phi) is 2.43. The van der Waals surface area contributed by atoms with Gasteiger partial charge in [0.2, 0.25) is 0 Å². The van der Waals surface area contributed by atoms with Crippen molar-refractivity contribution in [2.45, 2.75) is 24.8 Å². The maximum absolute atomic E-state index is 13.7. The van der Waals surface area contributed by atoms with E-state index in [4.69, 9.17) is 5.73 Å². The van der Waals surface area contributed by atoms with Crippen molar-refractivity contribution in [2.75, 3.05) is 19.0 Å². The first-order chi connectivity index (χ1) is 7.03. The largest absolute Gasteiger partial charge is 0.375 e. The molecule has 0 heterocycles. The summed E-state index contributed by atoms with van der Waals surface area (Å²) in [6.07, 6.45) is 3.08. The van der Waals surface area contributed by atoms with Gasteiger partial charge < -0.3 is 10.6 Å². The molecule has 3 heteroatoms. The Bertz CT molecular complexity index is 370. The second-order valence-electron chi connectivity index (χ2n) is 4.57. The number of hydrogen-bond donors (Lipinski definition) is 1. The minimum atomic E-state index is -0.272. The van der Waals surface area contributed by atoms with Crippen LogP contribution in [0.1, 0.15) is 24.8 Å². The van der Waals surface area contributed by atoms with Crippen LogP contribution in [0.5, 0.6) is 0 Å². The van der Waals surface area contributed by atoms with Crippen molar-refractivity contribution in [1.82, 2.24) is 0 Å². The van der Waals surface area contributed by atoms with Crippen LogP contribution in [0, 0.1) is 5.82 Å². The van der Waals surface area contributed by atoms with Crippen LogP contribution in [0.4, 0.5) is 10.1 Å². The van der Waals surface area contributed by atoms with E-state index in [0.717, 1.165) is 24.8 Å². The number of nitrogens with zero attached hydrogens (tertiary/aromatic N) is 1. The zero-order chi connectivity index (χ0) is 11.1. The molecular weight excluding hydrogens is 191 g/mol. The van der Waals surface area contributed by atoms with E-state index >= 15 is 0 Å². The fourth-order valence-corrected chi connectivity index (χ4v) is 2.03. The molecule has 1 aromatic carbocycles. The van der Waals surface area contributed by atoms with Gasteiger partial charge in [0.25, 0.3) is 0 Å². The molecule has 2 N–H and O–H groups in total. The zero-order valence-electron chi connectivity index (χ0n) is 9.26. The predicted octanol–water partition coefficient (Wildman–Crippen LogP) is 2.23. The van der Waals surface area contributed by atoms with Crippen LogP contribution >= 0.6 is 0 Å². The Morgan fingerprint density at radius 1 is 1.33 bits per heavy atom. The van der Waals surface area contributed by atoms with Crippen molar-refractivity contribution < 1.29 is 4.39 Å². The van der Waals surface area contributed by atoms with Gasteiger partial charge in [0.15, 0.2) is 0 Å². The Morgan fingerprint density at radius 2 is 2.00 bits per heavy atom. The molecule has 0 aliphatic heterocycles. The topological polar surface area (TPSA) is 29.3 Å². The predicted molar refractivity (Wildman–Crippen MR) is 60.4 cm³/mol. The first-order valence-corrected chi connectivity index (χ1v) is 5.29. The van der Waals surface area contributed by atoms with Crippen LogP contribution in [-0.4, -0.2) is 14.1 Å². The van der Waals surface area contributed by atoms with Crippen molar-refractivity contribution >= 4 is 5.69 Å². The Hall–Kier alpha value is -1.09. The third-order valence-corrected chi connectivity index (χ3v) is 3.25. The normalized spacial score (nSPS) is 18.4. The number of benzene rings is 1. The van der Waals surface area contributed by atoms with Crippen molar-refractivity contribution in [3.05, 3.63) is 29.6 Å². The molecule has 0 saturated heterocycles. The Balaban J connectivity index is 2.33. The number of anilines is 1. The number of halogens is 1. The van der Waals surface area contributed by atoms with E-state index in [-0.39, 0.29) is 11.4 Å². The molecule has 0 aromatic heterocycles. The second kappa shape index (κ2) is 3.49. The summed E-state index contributed by atoms with van der Waals surface area (Å²) in [6.45, 7) is 0. The van der Waals surface area contributed by atoms with E-state index in [1.807, 2.05) is 20.2 Å². The molecule has 0 bridgehead atoms. The third kappa shape index (κ3) is 1.72. The number of hydrogen-bond acceptors (Lipinski definition) is 2. The van der Waals surface area contributed by atoms with Gasteiger partial charge >= 0.3 is 0 Å². The SMILES string of the molecule is CN(C)c1ccc(C2(N)CCC2)cc1F. The van der Waals surface area contributed by atoms with Crippen LogP contribution in [0.15, 0.2) is 18.2 Å². The average molecular weight is 208 g/mol. The van der Waals surface area contributed by atoms with Crippen LogP contribution < -0.4 is 10.6 Å². The van der Waals surface area contributed by atoms with Gasteiger partial charge in [-0.1, -0.05) is 6.07 Å². The second-order valence-corrected chi connectivity index (χ2v) is 4.57. The van der Waals surface area contributed by atoms with Gasteiger partial charge in [-0.2, -0.15) is 0 Å². The van der Waals surface area contributed by atoms with Crippen molar-refractivity contribution in [3.63, 3.8) is 0 Å². The fraction of sp³-hybridized carbons (Fsp3) is 0.500. The average Bonchev–Trinajstić information content (AvgIpc) is 2.13. The standard InChI is InChI=1S/C12H17FN2/c1-15(2)11-5-4-9(8-10(11)13)12(14)6-3-7-12/h4-5,8H,3,6-7,14H2,1-2H3. The van der Waals surface area contributed by atoms with Gasteiger partial charge in [0.1, 0.15) is 5.82 Å². The minimum Gasteiger partial charge on any atom is -0.375 e. The maximum Gasteiger partial charge on any atom is 0.146 e. The quantitative estimate of drug-likeness (QED) is 0.807. The lowest BCUT2D eigenvalue weighted by Gasteiger charge is -2.38. The van der Waals surface area contributed by atoms with E-state index in [0.29, 0.717) is 5.69 Å². The smallest absolute Gasteiger partial charge is 0.146 e. The van der Waals surface area contributed by atoms with Gasteiger partial charge in [0, 0.05) is 19.6 Å². The summed E-state index contributed by atoms with van der Waals surface area (Å²) in [5.74, 6) is -0.186. The maximum atomic E-state index is 13.7. The molecule has 1 fully saturated rings. The minimum absolute atomic E-state index is 0.186. The summed E-state index contributed by atoms with van der Waals surface area (Å²) >= 11 is 0. The monoisotopic (exact) mass is 208 g/mol. The Labute approximate surface area is 89.9 Å². The van der Waals surface area contributed by atoms with E-state index in [1.54, 1.807) is 17.0 Å². The molecule has 2 rings (SSSR count). The summed E-state index contributed by atoms with van der Waals surface area (Å²) in [4.78, 5) is 1.77. The van der Waals surface area contributed by atoms with E-state index < -0.39 is 0 Å². The lowest BCUT2D eigenvalue weighted by Crippen LogP contribution is -2.43. The third-order valence-electron chi connectivity index (χ3n) is 3.25. The lowest BCUT2D eigenvalue weighted by molar-refractivity contribution is 0.253. The molecule has 82 valence electrons. The summed E-state index contributed by atoms with van der Waals surface area (Å²) in [7, 11) is 3.67. The molecule has 0 atom stereocenters. The van der Waals surface area contributed by atoms with Crippen LogP contribution in [0.3, 0.4) is 0 Å². The highest BCUT2D eigenvalue weighted by Crippen LogP contribution is 2.39. The first-order valence-electron chi connectivity index (χ1n) is 5.29. The summed E-state index contributed by atoms with van der Waals surface area (Å²) in [6, 6.07) is 5.32. The van der Waals surface area contributed by atoms with Crippen LogP contribution in [0.2, 0.25) is 0 Å². The Morgan fingerprint density at radius 3 is 2.40 bits per heavy atom. The highest BCUT2D eigenvalue weighted by Gasteiger charge is 2.34. The molecule has 1 aliphatic carbocycles. The number of nitrogens with two attached hydrogens (primary N) is 1. The first kappa shape index (κ1) is 10.4. The highest BCUT2D eigenvalue weighted by molar-refractivity contribution is 5.49. The van der Waals surface area contributed by atoms with E-state index in [9.17, 15) is 4.39 Å². The van der Waals surface area contributed by atoms with Gasteiger partial charge in [-0.05, 0) is 37.0 Å². The molecule has 15 heavy (non-hydrogen) atoms. The van der Waals surface area contributed by atoms with Crippen molar-refractivity contribution in [2.24, 2.45) is 5.73 Å². The number of rotatable bonds is 2. The van der Waals surface area contributed by atoms with Crippen molar-refractivity contribution in [1.29, 1.82) is 0 Å². The molecule has 0 amide bonds. The molecule has 1 aliphatic rings. The van der Waals surface area contributed by atoms with Crippen LogP contribution in [-0.2, 0) is 5.54 Å². The molecule has 1 saturated carbocycles. The van der Waals surface area contributed by atoms with Gasteiger partial charge in [-0.25, -0.2) is 4.39 Å². The molecule has 1 aromatic rings. The van der Waals surface area contributed by atoms with Gasteiger partial charge in [0.05, 0.1) is 5.69 Å². The molecule has 0 radical (unpaired) electrons. The summed E-state index contributed by atoms with van der Waals surface area (Å²) in [5.41, 5.74) is 7.41. The van der Waals surface area contributed by atoms with Gasteiger partial charge in [-0.3, -0.25) is 0 Å². The lowest BCUT2D eigenvalue weighted by atomic mass is 9.73. The summed E-state index contributed by atoms with van der Waals surface area (Å²) < 4.78 is 13.7. The zero-order valence-corrected chi connectivity index (χ0v) is 9.26. The molecule has 0 unspecified atom stereocenters. The van der Waals surface area contributed by atoms with Gasteiger partial charge in [-0.15, -0.1) is 0 Å². The molecular formula is C12H17FN2. The van der Waals surface area contributed by atoms with Crippen molar-refractivity contribution in [3.8, 4) is 0 Å². The highest BCUT2D eigenvalue weighted by atomic mass is 19.1. The molecule has 2 nitrogen and oxygen atoms in total. The van der Waals surface area contributed by atoms with Crippen LogP contribution in [0.25, 0.3) is 0 Å². The fourth-order valence-electron chi connectivity index (χ4n) is 2.03. The van der Waals surface area contributed by atoms with E-state index in [2.05, 4.69) is 0 Å². The summed E-state index contributed by atoms with van der Waals surface area (Å²) in [5, 5.41) is 0. The molecule has 0 spiro atoms. The van der Waals surface area contributed by atoms with E-state index in [1.165, 1.54) is 0 Å².